The summed E-state index contributed by atoms with van der Waals surface area (Å²) < 4.78 is 0. The Morgan fingerprint density at radius 1 is 1.12 bits per heavy atom. The lowest BCUT2D eigenvalue weighted by atomic mass is 9.77. The number of unbranched alkanes of at least 4 members (excludes halogenated alkanes) is 3. The van der Waals surface area contributed by atoms with Crippen molar-refractivity contribution < 1.29 is 10.2 Å². The van der Waals surface area contributed by atoms with Crippen molar-refractivity contribution in [3.8, 4) is 11.5 Å². The zero-order chi connectivity index (χ0) is 19.3. The number of rotatable bonds is 8. The van der Waals surface area contributed by atoms with E-state index < -0.39 is 0 Å². The van der Waals surface area contributed by atoms with Crippen LogP contribution in [0.1, 0.15) is 90.2 Å². The molecule has 0 saturated heterocycles. The van der Waals surface area contributed by atoms with Gasteiger partial charge in [0.25, 0.3) is 0 Å². The molecule has 146 valence electrons. The summed E-state index contributed by atoms with van der Waals surface area (Å²) in [6.07, 6.45) is 9.13. The summed E-state index contributed by atoms with van der Waals surface area (Å²) >= 11 is 3.58. The van der Waals surface area contributed by atoms with Crippen LogP contribution in [0.5, 0.6) is 11.5 Å². The third-order valence-electron chi connectivity index (χ3n) is 5.91. The van der Waals surface area contributed by atoms with E-state index >= 15 is 0 Å². The number of hydrogen-bond acceptors (Lipinski definition) is 2. The van der Waals surface area contributed by atoms with Gasteiger partial charge in [0.1, 0.15) is 11.5 Å². The Kier molecular flexibility index (Phi) is 7.63. The molecule has 0 aliphatic heterocycles. The zero-order valence-electron chi connectivity index (χ0n) is 16.9. The molecule has 0 aromatic heterocycles. The van der Waals surface area contributed by atoms with Crippen LogP contribution in [0.15, 0.2) is 17.7 Å². The summed E-state index contributed by atoms with van der Waals surface area (Å²) in [5, 5.41) is 22.4. The fourth-order valence-electron chi connectivity index (χ4n) is 4.04. The van der Waals surface area contributed by atoms with Gasteiger partial charge in [0.2, 0.25) is 0 Å². The van der Waals surface area contributed by atoms with Crippen LogP contribution in [-0.4, -0.2) is 15.5 Å². The Balaban J connectivity index is 2.31. The van der Waals surface area contributed by atoms with Gasteiger partial charge >= 0.3 is 0 Å². The van der Waals surface area contributed by atoms with Gasteiger partial charge in [-0.3, -0.25) is 0 Å². The summed E-state index contributed by atoms with van der Waals surface area (Å²) in [4.78, 5) is 0. The number of allylic oxidation sites excluding steroid dienone is 2. The molecule has 2 N–H and O–H groups in total. The van der Waals surface area contributed by atoms with Crippen LogP contribution in [0.4, 0.5) is 0 Å². The van der Waals surface area contributed by atoms with Crippen molar-refractivity contribution in [1.82, 2.24) is 0 Å². The first-order valence-electron chi connectivity index (χ1n) is 10.1. The molecule has 0 spiro atoms. The Morgan fingerprint density at radius 3 is 2.35 bits per heavy atom. The Morgan fingerprint density at radius 2 is 1.77 bits per heavy atom. The van der Waals surface area contributed by atoms with Crippen molar-refractivity contribution in [2.24, 2.45) is 5.92 Å². The van der Waals surface area contributed by atoms with E-state index in [1.54, 1.807) is 0 Å². The number of aromatic hydroxyl groups is 2. The van der Waals surface area contributed by atoms with Crippen LogP contribution in [0.3, 0.4) is 0 Å². The van der Waals surface area contributed by atoms with Crippen LogP contribution >= 0.6 is 15.9 Å². The van der Waals surface area contributed by atoms with Crippen molar-refractivity contribution in [2.45, 2.75) is 84.5 Å². The molecule has 0 bridgehead atoms. The second-order valence-electron chi connectivity index (χ2n) is 8.65. The molecule has 26 heavy (non-hydrogen) atoms. The minimum atomic E-state index is -0.0479. The molecule has 0 amide bonds. The smallest absolute Gasteiger partial charge is 0.127 e. The molecule has 1 aromatic carbocycles. The maximum atomic E-state index is 10.8. The van der Waals surface area contributed by atoms with E-state index in [0.717, 1.165) is 35.7 Å². The number of phenols is 2. The standard InChI is InChI=1S/C23H35BrO2/c1-5-6-7-8-11-23(3,4)18-13-20(25)22(21(26)14-18)19-12-16(2)9-10-17(19)15-24/h13-14,16,25-26H,5-12,15H2,1-4H3. The number of phenolic OH excluding ortho intramolecular Hbond substituents is 2. The molecular formula is C23H35BrO2. The van der Waals surface area contributed by atoms with Crippen LogP contribution in [0.2, 0.25) is 0 Å². The van der Waals surface area contributed by atoms with Crippen LogP contribution in [-0.2, 0) is 5.41 Å². The highest BCUT2D eigenvalue weighted by Gasteiger charge is 2.27. The zero-order valence-corrected chi connectivity index (χ0v) is 18.5. The molecule has 1 aromatic rings. The average Bonchev–Trinajstić information content (AvgIpc) is 2.58. The Hall–Kier alpha value is -0.960. The van der Waals surface area contributed by atoms with Gasteiger partial charge < -0.3 is 10.2 Å². The van der Waals surface area contributed by atoms with Crippen LogP contribution in [0.25, 0.3) is 5.57 Å². The maximum Gasteiger partial charge on any atom is 0.127 e. The van der Waals surface area contributed by atoms with E-state index in [4.69, 9.17) is 0 Å². The van der Waals surface area contributed by atoms with Gasteiger partial charge in [-0.2, -0.15) is 0 Å². The minimum Gasteiger partial charge on any atom is -0.507 e. The normalized spacial score (nSPS) is 18.4. The highest BCUT2D eigenvalue weighted by molar-refractivity contribution is 9.09. The summed E-state index contributed by atoms with van der Waals surface area (Å²) in [6.45, 7) is 8.88. The molecule has 1 aliphatic rings. The fraction of sp³-hybridized carbons (Fsp3) is 0.652. The first kappa shape index (κ1) is 21.3. The monoisotopic (exact) mass is 422 g/mol. The lowest BCUT2D eigenvalue weighted by Gasteiger charge is -2.29. The third kappa shape index (κ3) is 5.06. The van der Waals surface area contributed by atoms with Crippen LogP contribution < -0.4 is 0 Å². The molecule has 0 radical (unpaired) electrons. The molecule has 0 heterocycles. The van der Waals surface area contributed by atoms with Gasteiger partial charge in [0.15, 0.2) is 0 Å². The van der Waals surface area contributed by atoms with E-state index in [-0.39, 0.29) is 16.9 Å². The van der Waals surface area contributed by atoms with Gasteiger partial charge in [-0.25, -0.2) is 0 Å². The number of alkyl halides is 1. The van der Waals surface area contributed by atoms with Crippen molar-refractivity contribution in [2.75, 3.05) is 5.33 Å². The fourth-order valence-corrected chi connectivity index (χ4v) is 4.66. The summed E-state index contributed by atoms with van der Waals surface area (Å²) in [5.41, 5.74) is 4.06. The Labute approximate surface area is 167 Å². The molecule has 2 nitrogen and oxygen atoms in total. The predicted octanol–water partition coefficient (Wildman–Crippen LogP) is 7.31. The summed E-state index contributed by atoms with van der Waals surface area (Å²) in [7, 11) is 0. The van der Waals surface area contributed by atoms with Crippen molar-refractivity contribution in [1.29, 1.82) is 0 Å². The lowest BCUT2D eigenvalue weighted by molar-refractivity contribution is 0.420. The molecular weight excluding hydrogens is 388 g/mol. The molecule has 0 saturated carbocycles. The van der Waals surface area contributed by atoms with Gasteiger partial charge in [-0.1, -0.05) is 74.9 Å². The number of halogens is 1. The number of hydrogen-bond donors (Lipinski definition) is 2. The minimum absolute atomic E-state index is 0.0479. The molecule has 3 heteroatoms. The molecule has 1 unspecified atom stereocenters. The largest absolute Gasteiger partial charge is 0.507 e. The van der Waals surface area contributed by atoms with Crippen molar-refractivity contribution >= 4 is 21.5 Å². The summed E-state index contributed by atoms with van der Waals surface area (Å²) in [5.74, 6) is 1.04. The SMILES string of the molecule is CCCCCCC(C)(C)c1cc(O)c(C2=C(CBr)CCC(C)C2)c(O)c1. The highest BCUT2D eigenvalue weighted by atomic mass is 79.9. The molecule has 1 atom stereocenters. The second-order valence-corrected chi connectivity index (χ2v) is 9.21. The first-order chi connectivity index (χ1) is 12.3. The van der Waals surface area contributed by atoms with Gasteiger partial charge in [-0.15, -0.1) is 0 Å². The average molecular weight is 423 g/mol. The second kappa shape index (κ2) is 9.30. The van der Waals surface area contributed by atoms with E-state index in [1.807, 2.05) is 12.1 Å². The van der Waals surface area contributed by atoms with E-state index in [1.165, 1.54) is 37.7 Å². The van der Waals surface area contributed by atoms with Gasteiger partial charge in [-0.05, 0) is 60.3 Å². The van der Waals surface area contributed by atoms with E-state index in [9.17, 15) is 10.2 Å². The highest BCUT2D eigenvalue weighted by Crippen LogP contribution is 2.45. The van der Waals surface area contributed by atoms with Gasteiger partial charge in [0, 0.05) is 5.33 Å². The van der Waals surface area contributed by atoms with E-state index in [0.29, 0.717) is 11.5 Å². The Bertz CT molecular complexity index is 623. The molecule has 0 fully saturated rings. The maximum absolute atomic E-state index is 10.8. The number of benzene rings is 1. The molecule has 1 aliphatic carbocycles. The predicted molar refractivity (Wildman–Crippen MR) is 115 cm³/mol. The van der Waals surface area contributed by atoms with E-state index in [2.05, 4.69) is 43.6 Å². The summed E-state index contributed by atoms with van der Waals surface area (Å²) in [6, 6.07) is 3.76. The first-order valence-corrected chi connectivity index (χ1v) is 11.3. The van der Waals surface area contributed by atoms with Crippen molar-refractivity contribution in [3.63, 3.8) is 0 Å². The van der Waals surface area contributed by atoms with Gasteiger partial charge in [0.05, 0.1) is 5.56 Å². The van der Waals surface area contributed by atoms with Crippen molar-refractivity contribution in [3.05, 3.63) is 28.8 Å². The quantitative estimate of drug-likeness (QED) is 0.340. The third-order valence-corrected chi connectivity index (χ3v) is 6.59. The van der Waals surface area contributed by atoms with Crippen LogP contribution in [0, 0.1) is 5.92 Å². The lowest BCUT2D eigenvalue weighted by Crippen LogP contribution is -2.17. The molecule has 2 rings (SSSR count). The topological polar surface area (TPSA) is 40.5 Å².